The quantitative estimate of drug-likeness (QED) is 0.853. The average Bonchev–Trinajstić information content (AvgIpc) is 2.48. The van der Waals surface area contributed by atoms with Crippen LogP contribution < -0.4 is 5.32 Å². The van der Waals surface area contributed by atoms with E-state index in [9.17, 15) is 4.79 Å². The van der Waals surface area contributed by atoms with E-state index in [1.807, 2.05) is 32.9 Å². The van der Waals surface area contributed by atoms with Crippen LogP contribution in [0.2, 0.25) is 0 Å². The molecule has 0 heterocycles. The van der Waals surface area contributed by atoms with Crippen molar-refractivity contribution in [2.45, 2.75) is 38.7 Å². The molecule has 3 heteroatoms. The third-order valence-corrected chi connectivity index (χ3v) is 4.82. The second-order valence-electron chi connectivity index (χ2n) is 5.75. The van der Waals surface area contributed by atoms with Crippen LogP contribution in [0.4, 0.5) is 5.69 Å². The van der Waals surface area contributed by atoms with Gasteiger partial charge in [0.1, 0.15) is 0 Å². The van der Waals surface area contributed by atoms with Crippen LogP contribution in [-0.2, 0) is 10.5 Å². The Labute approximate surface area is 137 Å². The van der Waals surface area contributed by atoms with E-state index in [1.54, 1.807) is 11.8 Å². The molecular weight excluding hydrogens is 290 g/mol. The van der Waals surface area contributed by atoms with Gasteiger partial charge >= 0.3 is 0 Å². The molecule has 22 heavy (non-hydrogen) atoms. The highest BCUT2D eigenvalue weighted by molar-refractivity contribution is 7.99. The number of hydrogen-bond acceptors (Lipinski definition) is 2. The van der Waals surface area contributed by atoms with E-state index < -0.39 is 0 Å². The molecule has 0 aliphatic heterocycles. The third-order valence-electron chi connectivity index (χ3n) is 3.60. The first-order valence-electron chi connectivity index (χ1n) is 7.51. The first-order valence-corrected chi connectivity index (χ1v) is 8.56. The Morgan fingerprint density at radius 3 is 2.55 bits per heavy atom. The van der Waals surface area contributed by atoms with Crippen molar-refractivity contribution in [3.8, 4) is 0 Å². The van der Waals surface area contributed by atoms with Gasteiger partial charge < -0.3 is 5.32 Å². The molecule has 0 aliphatic carbocycles. The van der Waals surface area contributed by atoms with Crippen molar-refractivity contribution in [3.63, 3.8) is 0 Å². The number of amides is 1. The molecule has 0 aliphatic rings. The van der Waals surface area contributed by atoms with Crippen molar-refractivity contribution in [1.82, 2.24) is 0 Å². The smallest absolute Gasteiger partial charge is 0.237 e. The number of nitrogens with one attached hydrogen (secondary N) is 1. The van der Waals surface area contributed by atoms with Gasteiger partial charge in [0.15, 0.2) is 0 Å². The minimum atomic E-state index is -0.0829. The van der Waals surface area contributed by atoms with Gasteiger partial charge in [0.05, 0.1) is 5.25 Å². The lowest BCUT2D eigenvalue weighted by molar-refractivity contribution is -0.115. The van der Waals surface area contributed by atoms with Crippen LogP contribution in [0.3, 0.4) is 0 Å². The Morgan fingerprint density at radius 2 is 1.82 bits per heavy atom. The first-order chi connectivity index (χ1) is 10.5. The Morgan fingerprint density at radius 1 is 1.09 bits per heavy atom. The maximum atomic E-state index is 12.3. The lowest BCUT2D eigenvalue weighted by atomic mass is 10.1. The lowest BCUT2D eigenvalue weighted by Crippen LogP contribution is -2.23. The summed E-state index contributed by atoms with van der Waals surface area (Å²) < 4.78 is 0. The maximum Gasteiger partial charge on any atom is 0.237 e. The van der Waals surface area contributed by atoms with E-state index in [0.717, 1.165) is 22.6 Å². The summed E-state index contributed by atoms with van der Waals surface area (Å²) in [6.07, 6.45) is 0. The Hall–Kier alpha value is -1.74. The Bertz CT molecular complexity index is 666. The zero-order valence-electron chi connectivity index (χ0n) is 13.6. The van der Waals surface area contributed by atoms with Crippen LogP contribution in [0.25, 0.3) is 0 Å². The molecule has 1 atom stereocenters. The molecule has 0 fully saturated rings. The van der Waals surface area contributed by atoms with E-state index in [1.165, 1.54) is 11.1 Å². The summed E-state index contributed by atoms with van der Waals surface area (Å²) in [5, 5.41) is 2.96. The number of thioether (sulfide) groups is 1. The van der Waals surface area contributed by atoms with Crippen LogP contribution in [-0.4, -0.2) is 11.2 Å². The molecular formula is C19H23NOS. The highest BCUT2D eigenvalue weighted by Crippen LogP contribution is 2.21. The maximum absolute atomic E-state index is 12.3. The van der Waals surface area contributed by atoms with Gasteiger partial charge in [-0.15, -0.1) is 11.8 Å². The Balaban J connectivity index is 1.93. The number of carbonyl (C=O) groups is 1. The summed E-state index contributed by atoms with van der Waals surface area (Å²) in [5.41, 5.74) is 5.67. The highest BCUT2D eigenvalue weighted by Gasteiger charge is 2.14. The molecule has 0 spiro atoms. The molecule has 0 aromatic heterocycles. The topological polar surface area (TPSA) is 29.1 Å². The fourth-order valence-corrected chi connectivity index (χ4v) is 3.04. The molecule has 0 bridgehead atoms. The molecule has 116 valence electrons. The minimum absolute atomic E-state index is 0.0614. The molecule has 1 amide bonds. The molecule has 2 nitrogen and oxygen atoms in total. The summed E-state index contributed by atoms with van der Waals surface area (Å²) in [5.74, 6) is 0.912. The summed E-state index contributed by atoms with van der Waals surface area (Å²) >= 11 is 1.66. The van der Waals surface area contributed by atoms with E-state index in [4.69, 9.17) is 0 Å². The van der Waals surface area contributed by atoms with Gasteiger partial charge in [-0.3, -0.25) is 4.79 Å². The van der Waals surface area contributed by atoms with Gasteiger partial charge in [-0.05, 0) is 50.5 Å². The molecule has 1 unspecified atom stereocenters. The monoisotopic (exact) mass is 313 g/mol. The van der Waals surface area contributed by atoms with Crippen molar-refractivity contribution >= 4 is 23.4 Å². The summed E-state index contributed by atoms with van der Waals surface area (Å²) in [4.78, 5) is 12.3. The van der Waals surface area contributed by atoms with E-state index in [2.05, 4.69) is 42.6 Å². The highest BCUT2D eigenvalue weighted by atomic mass is 32.2. The fourth-order valence-electron chi connectivity index (χ4n) is 2.20. The predicted molar refractivity (Wildman–Crippen MR) is 96.5 cm³/mol. The molecule has 2 aromatic rings. The van der Waals surface area contributed by atoms with Crippen molar-refractivity contribution in [2.75, 3.05) is 5.32 Å². The number of anilines is 1. The van der Waals surface area contributed by atoms with Crippen molar-refractivity contribution < 1.29 is 4.79 Å². The first kappa shape index (κ1) is 16.6. The van der Waals surface area contributed by atoms with E-state index in [0.29, 0.717) is 0 Å². The zero-order chi connectivity index (χ0) is 16.1. The predicted octanol–water partition coefficient (Wildman–Crippen LogP) is 4.87. The number of aryl methyl sites for hydroxylation is 3. The lowest BCUT2D eigenvalue weighted by Gasteiger charge is -2.14. The molecule has 1 N–H and O–H groups in total. The minimum Gasteiger partial charge on any atom is -0.325 e. The third kappa shape index (κ3) is 4.63. The summed E-state index contributed by atoms with van der Waals surface area (Å²) in [6, 6.07) is 14.5. The number of hydrogen-bond donors (Lipinski definition) is 1. The van der Waals surface area contributed by atoms with Crippen molar-refractivity contribution in [1.29, 1.82) is 0 Å². The van der Waals surface area contributed by atoms with Gasteiger partial charge in [-0.2, -0.15) is 0 Å². The normalized spacial score (nSPS) is 12.0. The van der Waals surface area contributed by atoms with Crippen molar-refractivity contribution in [3.05, 3.63) is 64.7 Å². The van der Waals surface area contributed by atoms with Crippen LogP contribution in [0.5, 0.6) is 0 Å². The Kier molecular flexibility index (Phi) is 5.67. The molecule has 2 rings (SSSR count). The fraction of sp³-hybridized carbons (Fsp3) is 0.316. The second-order valence-corrected chi connectivity index (χ2v) is 7.08. The molecule has 0 saturated heterocycles. The number of benzene rings is 2. The number of rotatable bonds is 5. The largest absolute Gasteiger partial charge is 0.325 e. The van der Waals surface area contributed by atoms with Crippen LogP contribution in [0.15, 0.2) is 42.5 Å². The second kappa shape index (κ2) is 7.50. The average molecular weight is 313 g/mol. The molecule has 0 radical (unpaired) electrons. The van der Waals surface area contributed by atoms with Crippen molar-refractivity contribution in [2.24, 2.45) is 0 Å². The van der Waals surface area contributed by atoms with Gasteiger partial charge in [-0.25, -0.2) is 0 Å². The number of carbonyl (C=O) groups excluding carboxylic acids is 1. The standard InChI is InChI=1S/C19H23NOS/c1-13-6-5-7-17(10-13)12-22-16(4)19(21)20-18-11-14(2)8-9-15(18)3/h5-11,16H,12H2,1-4H3,(H,20,21). The zero-order valence-corrected chi connectivity index (χ0v) is 14.5. The summed E-state index contributed by atoms with van der Waals surface area (Å²) in [7, 11) is 0. The molecule has 2 aromatic carbocycles. The SMILES string of the molecule is Cc1cccc(CSC(C)C(=O)Nc2cc(C)ccc2C)c1. The summed E-state index contributed by atoms with van der Waals surface area (Å²) in [6.45, 7) is 8.09. The van der Waals surface area contributed by atoms with Crippen LogP contribution >= 0.6 is 11.8 Å². The van der Waals surface area contributed by atoms with Crippen LogP contribution in [0.1, 0.15) is 29.2 Å². The molecule has 0 saturated carbocycles. The van der Waals surface area contributed by atoms with Gasteiger partial charge in [0.2, 0.25) is 5.91 Å². The van der Waals surface area contributed by atoms with Crippen LogP contribution in [0, 0.1) is 20.8 Å². The van der Waals surface area contributed by atoms with E-state index >= 15 is 0 Å². The van der Waals surface area contributed by atoms with Gasteiger partial charge in [0.25, 0.3) is 0 Å². The van der Waals surface area contributed by atoms with E-state index in [-0.39, 0.29) is 11.2 Å². The van der Waals surface area contributed by atoms with Gasteiger partial charge in [-0.1, -0.05) is 42.0 Å². The van der Waals surface area contributed by atoms with Gasteiger partial charge in [0, 0.05) is 11.4 Å².